The highest BCUT2D eigenvalue weighted by Gasteiger charge is 2.30. The fourth-order valence-electron chi connectivity index (χ4n) is 3.26. The fourth-order valence-corrected chi connectivity index (χ4v) is 3.26. The summed E-state index contributed by atoms with van der Waals surface area (Å²) in [6, 6.07) is 8.35. The number of carboxylic acid groups (broad SMARTS) is 1. The maximum atomic E-state index is 12.2. The molecule has 0 spiro atoms. The molecule has 5 nitrogen and oxygen atoms in total. The quantitative estimate of drug-likeness (QED) is 0.750. The lowest BCUT2D eigenvalue weighted by Gasteiger charge is -2.29. The molecule has 1 aromatic rings. The van der Waals surface area contributed by atoms with Gasteiger partial charge >= 0.3 is 11.9 Å². The molecule has 2 rings (SSSR count). The van der Waals surface area contributed by atoms with Crippen molar-refractivity contribution in [2.24, 2.45) is 17.8 Å². The van der Waals surface area contributed by atoms with Crippen LogP contribution in [-0.4, -0.2) is 23.1 Å². The lowest BCUT2D eigenvalue weighted by molar-refractivity contribution is -0.163. The van der Waals surface area contributed by atoms with Crippen LogP contribution in [-0.2, 0) is 20.8 Å². The molecule has 0 amide bonds. The van der Waals surface area contributed by atoms with Crippen molar-refractivity contribution in [1.29, 1.82) is 0 Å². The first-order valence-electron chi connectivity index (χ1n) is 8.70. The minimum absolute atomic E-state index is 0.126. The van der Waals surface area contributed by atoms with Gasteiger partial charge in [0.05, 0.1) is 5.92 Å². The number of carbonyl (C=O) groups excluding carboxylic acids is 1. The molecule has 1 aliphatic rings. The highest BCUT2D eigenvalue weighted by atomic mass is 16.7. The molecule has 2 N–H and O–H groups in total. The molecule has 1 atom stereocenters. The van der Waals surface area contributed by atoms with Gasteiger partial charge in [0.1, 0.15) is 6.04 Å². The van der Waals surface area contributed by atoms with Crippen molar-refractivity contribution in [3.8, 4) is 0 Å². The van der Waals surface area contributed by atoms with Gasteiger partial charge in [0, 0.05) is 6.42 Å². The third-order valence-electron chi connectivity index (χ3n) is 4.93. The summed E-state index contributed by atoms with van der Waals surface area (Å²) in [6.45, 7) is 4.43. The lowest BCUT2D eigenvalue weighted by Crippen LogP contribution is -2.41. The van der Waals surface area contributed by atoms with Gasteiger partial charge in [0.15, 0.2) is 0 Å². The molecule has 0 bridgehead atoms. The van der Waals surface area contributed by atoms with Crippen LogP contribution in [0.25, 0.3) is 0 Å². The second-order valence-corrected chi connectivity index (χ2v) is 6.98. The lowest BCUT2D eigenvalue weighted by atomic mass is 9.77. The highest BCUT2D eigenvalue weighted by Crippen LogP contribution is 2.33. The molecule has 0 aromatic heterocycles. The van der Waals surface area contributed by atoms with Crippen molar-refractivity contribution >= 4 is 11.9 Å². The molecule has 1 saturated carbocycles. The van der Waals surface area contributed by atoms with Crippen LogP contribution in [0.4, 0.5) is 0 Å². The van der Waals surface area contributed by atoms with Crippen molar-refractivity contribution < 1.29 is 19.5 Å². The Balaban J connectivity index is 1.81. The van der Waals surface area contributed by atoms with E-state index < -0.39 is 12.0 Å². The summed E-state index contributed by atoms with van der Waals surface area (Å²) in [5.74, 6) is -0.181. The number of hydrogen-bond donors (Lipinski definition) is 2. The van der Waals surface area contributed by atoms with Gasteiger partial charge in [-0.25, -0.2) is 0 Å². The summed E-state index contributed by atoms with van der Waals surface area (Å²) in [4.78, 5) is 28.6. The Kier molecular flexibility index (Phi) is 6.79. The Morgan fingerprint density at radius 2 is 1.79 bits per heavy atom. The first-order chi connectivity index (χ1) is 11.5. The van der Waals surface area contributed by atoms with Crippen LogP contribution in [0.2, 0.25) is 0 Å². The number of carbonyl (C=O) groups is 2. The van der Waals surface area contributed by atoms with Crippen LogP contribution in [0.1, 0.15) is 45.1 Å². The molecule has 1 fully saturated rings. The molecule has 132 valence electrons. The van der Waals surface area contributed by atoms with Crippen molar-refractivity contribution in [2.75, 3.05) is 0 Å². The molecule has 0 heterocycles. The highest BCUT2D eigenvalue weighted by molar-refractivity contribution is 5.75. The molecule has 1 unspecified atom stereocenters. The SMILES string of the molecule is CC(C)[C@H]1CC[C@H](C(=O)ONC(Cc2ccccc2)C(=O)O)CC1. The summed E-state index contributed by atoms with van der Waals surface area (Å²) in [7, 11) is 0. The van der Waals surface area contributed by atoms with Crippen LogP contribution in [0.3, 0.4) is 0 Å². The molecular weight excluding hydrogens is 306 g/mol. The summed E-state index contributed by atoms with van der Waals surface area (Å²) in [6.07, 6.45) is 3.97. The predicted molar refractivity (Wildman–Crippen MR) is 91.1 cm³/mol. The van der Waals surface area contributed by atoms with Gasteiger partial charge in [-0.3, -0.25) is 9.59 Å². The first kappa shape index (κ1) is 18.5. The van der Waals surface area contributed by atoms with E-state index in [0.29, 0.717) is 11.8 Å². The number of aliphatic carboxylic acids is 1. The van der Waals surface area contributed by atoms with Gasteiger partial charge in [-0.2, -0.15) is 0 Å². The van der Waals surface area contributed by atoms with Crippen LogP contribution in [0.15, 0.2) is 30.3 Å². The predicted octanol–water partition coefficient (Wildman–Crippen LogP) is 3.19. The van der Waals surface area contributed by atoms with Crippen molar-refractivity contribution in [1.82, 2.24) is 5.48 Å². The molecule has 0 aliphatic heterocycles. The van der Waals surface area contributed by atoms with E-state index in [1.165, 1.54) is 0 Å². The monoisotopic (exact) mass is 333 g/mol. The third kappa shape index (κ3) is 5.34. The largest absolute Gasteiger partial charge is 0.480 e. The smallest absolute Gasteiger partial charge is 0.327 e. The molecular formula is C19H27NO4. The van der Waals surface area contributed by atoms with E-state index in [1.54, 1.807) is 0 Å². The van der Waals surface area contributed by atoms with Crippen molar-refractivity contribution in [3.63, 3.8) is 0 Å². The molecule has 1 aliphatic carbocycles. The van der Waals surface area contributed by atoms with E-state index in [0.717, 1.165) is 31.2 Å². The second-order valence-electron chi connectivity index (χ2n) is 6.98. The first-order valence-corrected chi connectivity index (χ1v) is 8.70. The van der Waals surface area contributed by atoms with E-state index in [4.69, 9.17) is 4.84 Å². The van der Waals surface area contributed by atoms with Gasteiger partial charge in [-0.05, 0) is 43.1 Å². The summed E-state index contributed by atoms with van der Waals surface area (Å²) >= 11 is 0. The number of carboxylic acids is 1. The number of hydroxylamine groups is 1. The number of nitrogens with one attached hydrogen (secondary N) is 1. The number of benzene rings is 1. The summed E-state index contributed by atoms with van der Waals surface area (Å²) < 4.78 is 0. The van der Waals surface area contributed by atoms with E-state index in [-0.39, 0.29) is 18.3 Å². The van der Waals surface area contributed by atoms with E-state index >= 15 is 0 Å². The summed E-state index contributed by atoms with van der Waals surface area (Å²) in [5.41, 5.74) is 3.33. The van der Waals surface area contributed by atoms with Gasteiger partial charge in [-0.15, -0.1) is 5.48 Å². The van der Waals surface area contributed by atoms with E-state index in [1.807, 2.05) is 30.3 Å². The number of rotatable bonds is 7. The third-order valence-corrected chi connectivity index (χ3v) is 4.93. The zero-order chi connectivity index (χ0) is 17.5. The average molecular weight is 333 g/mol. The van der Waals surface area contributed by atoms with Gasteiger partial charge in [0.2, 0.25) is 0 Å². The number of hydrogen-bond acceptors (Lipinski definition) is 4. The Bertz CT molecular complexity index is 536. The standard InChI is InChI=1S/C19H27NO4/c1-13(2)15-8-10-16(11-9-15)19(23)24-20-17(18(21)22)12-14-6-4-3-5-7-14/h3-7,13,15-17,20H,8-12H2,1-2H3,(H,21,22)/t15-,16-,17?. The van der Waals surface area contributed by atoms with Crippen LogP contribution >= 0.6 is 0 Å². The molecule has 1 aromatic carbocycles. The maximum Gasteiger partial charge on any atom is 0.327 e. The van der Waals surface area contributed by atoms with Crippen molar-refractivity contribution in [3.05, 3.63) is 35.9 Å². The van der Waals surface area contributed by atoms with E-state index in [2.05, 4.69) is 19.3 Å². The van der Waals surface area contributed by atoms with Crippen LogP contribution < -0.4 is 5.48 Å². The fraction of sp³-hybridized carbons (Fsp3) is 0.579. The zero-order valence-corrected chi connectivity index (χ0v) is 14.4. The second kappa shape index (κ2) is 8.83. The van der Waals surface area contributed by atoms with Gasteiger partial charge in [-0.1, -0.05) is 44.2 Å². The molecule has 0 radical (unpaired) electrons. The molecule has 24 heavy (non-hydrogen) atoms. The van der Waals surface area contributed by atoms with Crippen LogP contribution in [0.5, 0.6) is 0 Å². The Morgan fingerprint density at radius 3 is 2.33 bits per heavy atom. The Hall–Kier alpha value is -1.88. The minimum atomic E-state index is -1.03. The van der Waals surface area contributed by atoms with E-state index in [9.17, 15) is 14.7 Å². The Labute approximate surface area is 143 Å². The van der Waals surface area contributed by atoms with Gasteiger partial charge in [0.25, 0.3) is 0 Å². The average Bonchev–Trinajstić information content (AvgIpc) is 2.59. The zero-order valence-electron chi connectivity index (χ0n) is 14.4. The van der Waals surface area contributed by atoms with Crippen LogP contribution in [0, 0.1) is 17.8 Å². The van der Waals surface area contributed by atoms with Gasteiger partial charge < -0.3 is 9.94 Å². The normalized spacial score (nSPS) is 22.1. The Morgan fingerprint density at radius 1 is 1.17 bits per heavy atom. The molecule has 5 heteroatoms. The minimum Gasteiger partial charge on any atom is -0.480 e. The maximum absolute atomic E-state index is 12.2. The molecule has 0 saturated heterocycles. The topological polar surface area (TPSA) is 75.6 Å². The summed E-state index contributed by atoms with van der Waals surface area (Å²) in [5, 5.41) is 9.30. The van der Waals surface area contributed by atoms with Crippen molar-refractivity contribution in [2.45, 2.75) is 52.0 Å².